The Hall–Kier alpha value is -1.14. The van der Waals surface area contributed by atoms with Crippen molar-refractivity contribution in [2.75, 3.05) is 19.7 Å². The summed E-state index contributed by atoms with van der Waals surface area (Å²) >= 11 is 0.460. The molecular formula is C14H17F2NO2S. The van der Waals surface area contributed by atoms with Crippen LogP contribution in [0.2, 0.25) is 0 Å². The van der Waals surface area contributed by atoms with Gasteiger partial charge in [-0.05, 0) is 43.0 Å². The lowest BCUT2D eigenvalue weighted by molar-refractivity contribution is 0.0713. The minimum atomic E-state index is -2.46. The molecule has 20 heavy (non-hydrogen) atoms. The first-order valence-corrected chi connectivity index (χ1v) is 7.43. The van der Waals surface area contributed by atoms with Crippen LogP contribution in [0.3, 0.4) is 0 Å². The molecule has 0 aliphatic heterocycles. The molecule has 3 nitrogen and oxygen atoms in total. The number of carbonyl (C=O) groups excluding carboxylic acids is 1. The molecule has 1 aromatic carbocycles. The molecule has 0 saturated heterocycles. The first-order valence-electron chi connectivity index (χ1n) is 6.55. The van der Waals surface area contributed by atoms with Gasteiger partial charge in [-0.25, -0.2) is 0 Å². The molecule has 1 aromatic rings. The molecule has 0 aromatic heterocycles. The Morgan fingerprint density at radius 2 is 2.00 bits per heavy atom. The summed E-state index contributed by atoms with van der Waals surface area (Å²) in [6, 6.07) is 6.17. The molecule has 6 heteroatoms. The number of hydrogen-bond donors (Lipinski definition) is 1. The number of carbonyl (C=O) groups is 1. The highest BCUT2D eigenvalue weighted by atomic mass is 32.2. The maximum Gasteiger partial charge on any atom is 0.288 e. The summed E-state index contributed by atoms with van der Waals surface area (Å²) in [4.78, 5) is 14.4. The number of alkyl halides is 2. The third-order valence-electron chi connectivity index (χ3n) is 3.16. The van der Waals surface area contributed by atoms with Gasteiger partial charge in [0.15, 0.2) is 0 Å². The van der Waals surface area contributed by atoms with Gasteiger partial charge in [-0.1, -0.05) is 11.8 Å². The minimum Gasteiger partial charge on any atom is -0.395 e. The fourth-order valence-corrected chi connectivity index (χ4v) is 2.47. The zero-order chi connectivity index (χ0) is 14.5. The standard InChI is InChI=1S/C14H17F2NO2S/c15-14(16)20-12-5-3-11(4-6-12)13(19)17(7-8-18)9-10-1-2-10/h3-6,10,14,18H,1-2,7-9H2. The summed E-state index contributed by atoms with van der Waals surface area (Å²) in [5, 5.41) is 9.03. The van der Waals surface area contributed by atoms with Gasteiger partial charge in [0.2, 0.25) is 0 Å². The average Bonchev–Trinajstić information content (AvgIpc) is 3.22. The van der Waals surface area contributed by atoms with Crippen molar-refractivity contribution >= 4 is 17.7 Å². The van der Waals surface area contributed by atoms with Crippen molar-refractivity contribution < 1.29 is 18.7 Å². The first-order chi connectivity index (χ1) is 9.60. The summed E-state index contributed by atoms with van der Waals surface area (Å²) < 4.78 is 24.4. The Balaban J connectivity index is 2.01. The van der Waals surface area contributed by atoms with E-state index in [9.17, 15) is 13.6 Å². The highest BCUT2D eigenvalue weighted by Crippen LogP contribution is 2.30. The molecular weight excluding hydrogens is 284 g/mol. The molecule has 0 bridgehead atoms. The first kappa shape index (κ1) is 15.3. The smallest absolute Gasteiger partial charge is 0.288 e. The minimum absolute atomic E-state index is 0.0716. The molecule has 1 aliphatic carbocycles. The molecule has 1 saturated carbocycles. The van der Waals surface area contributed by atoms with E-state index < -0.39 is 5.76 Å². The van der Waals surface area contributed by atoms with E-state index in [2.05, 4.69) is 0 Å². The van der Waals surface area contributed by atoms with E-state index in [4.69, 9.17) is 5.11 Å². The van der Waals surface area contributed by atoms with Gasteiger partial charge in [0.1, 0.15) is 0 Å². The van der Waals surface area contributed by atoms with Gasteiger partial charge < -0.3 is 10.0 Å². The molecule has 2 rings (SSSR count). The van der Waals surface area contributed by atoms with Crippen molar-refractivity contribution in [3.8, 4) is 0 Å². The highest BCUT2D eigenvalue weighted by Gasteiger charge is 2.27. The molecule has 0 atom stereocenters. The van der Waals surface area contributed by atoms with E-state index in [1.165, 1.54) is 12.1 Å². The van der Waals surface area contributed by atoms with Crippen molar-refractivity contribution in [1.82, 2.24) is 4.90 Å². The lowest BCUT2D eigenvalue weighted by atomic mass is 10.2. The SMILES string of the molecule is O=C(c1ccc(SC(F)F)cc1)N(CCO)CC1CC1. The molecule has 1 N–H and O–H groups in total. The van der Waals surface area contributed by atoms with E-state index in [-0.39, 0.29) is 12.5 Å². The number of amides is 1. The second-order valence-electron chi connectivity index (χ2n) is 4.82. The number of rotatable bonds is 7. The molecule has 1 aliphatic rings. The maximum atomic E-state index is 12.3. The molecule has 1 amide bonds. The number of halogens is 2. The lowest BCUT2D eigenvalue weighted by Crippen LogP contribution is -2.35. The van der Waals surface area contributed by atoms with Gasteiger partial charge in [0.05, 0.1) is 6.61 Å². The predicted molar refractivity (Wildman–Crippen MR) is 74.0 cm³/mol. The van der Waals surface area contributed by atoms with E-state index in [1.807, 2.05) is 0 Å². The zero-order valence-corrected chi connectivity index (χ0v) is 11.8. The summed E-state index contributed by atoms with van der Waals surface area (Å²) in [6.45, 7) is 0.896. The summed E-state index contributed by atoms with van der Waals surface area (Å²) in [5.74, 6) is -2.07. The van der Waals surface area contributed by atoms with Crippen molar-refractivity contribution in [2.45, 2.75) is 23.5 Å². The third kappa shape index (κ3) is 4.45. The Kier molecular flexibility index (Phi) is 5.37. The monoisotopic (exact) mass is 301 g/mol. The second-order valence-corrected chi connectivity index (χ2v) is 5.88. The van der Waals surface area contributed by atoms with Crippen LogP contribution in [0.4, 0.5) is 8.78 Å². The second kappa shape index (κ2) is 7.04. The van der Waals surface area contributed by atoms with Crippen LogP contribution in [-0.2, 0) is 0 Å². The lowest BCUT2D eigenvalue weighted by Gasteiger charge is -2.21. The van der Waals surface area contributed by atoms with Crippen LogP contribution in [0.5, 0.6) is 0 Å². The van der Waals surface area contributed by atoms with Gasteiger partial charge in [-0.15, -0.1) is 0 Å². The normalized spacial score (nSPS) is 14.6. The number of benzene rings is 1. The van der Waals surface area contributed by atoms with E-state index in [0.717, 1.165) is 12.8 Å². The topological polar surface area (TPSA) is 40.5 Å². The molecule has 0 spiro atoms. The Labute approximate surface area is 121 Å². The Morgan fingerprint density at radius 3 is 2.50 bits per heavy atom. The highest BCUT2D eigenvalue weighted by molar-refractivity contribution is 7.99. The van der Waals surface area contributed by atoms with Crippen LogP contribution in [0, 0.1) is 5.92 Å². The van der Waals surface area contributed by atoms with Crippen molar-refractivity contribution in [1.29, 1.82) is 0 Å². The molecule has 110 valence electrons. The number of nitrogens with zero attached hydrogens (tertiary/aromatic N) is 1. The van der Waals surface area contributed by atoms with Crippen LogP contribution in [-0.4, -0.2) is 41.4 Å². The van der Waals surface area contributed by atoms with Gasteiger partial charge in [-0.3, -0.25) is 4.79 Å². The maximum absolute atomic E-state index is 12.3. The van der Waals surface area contributed by atoms with E-state index >= 15 is 0 Å². The quantitative estimate of drug-likeness (QED) is 0.787. The van der Waals surface area contributed by atoms with Gasteiger partial charge >= 0.3 is 0 Å². The summed E-state index contributed by atoms with van der Waals surface area (Å²) in [7, 11) is 0. The van der Waals surface area contributed by atoms with Crippen LogP contribution in [0.1, 0.15) is 23.2 Å². The van der Waals surface area contributed by atoms with Crippen LogP contribution >= 0.6 is 11.8 Å². The average molecular weight is 301 g/mol. The van der Waals surface area contributed by atoms with Crippen LogP contribution in [0.25, 0.3) is 0 Å². The molecule has 0 radical (unpaired) electrons. The molecule has 0 heterocycles. The third-order valence-corrected chi connectivity index (χ3v) is 3.88. The summed E-state index contributed by atoms with van der Waals surface area (Å²) in [5.41, 5.74) is 0.470. The van der Waals surface area contributed by atoms with E-state index in [0.29, 0.717) is 41.2 Å². The molecule has 0 unspecified atom stereocenters. The number of hydrogen-bond acceptors (Lipinski definition) is 3. The number of aliphatic hydroxyl groups excluding tert-OH is 1. The van der Waals surface area contributed by atoms with Gasteiger partial charge in [0.25, 0.3) is 11.7 Å². The zero-order valence-electron chi connectivity index (χ0n) is 11.0. The largest absolute Gasteiger partial charge is 0.395 e. The fourth-order valence-electron chi connectivity index (χ4n) is 1.97. The van der Waals surface area contributed by atoms with Crippen molar-refractivity contribution in [3.05, 3.63) is 29.8 Å². The van der Waals surface area contributed by atoms with Crippen molar-refractivity contribution in [2.24, 2.45) is 5.92 Å². The van der Waals surface area contributed by atoms with Gasteiger partial charge in [0, 0.05) is 23.5 Å². The van der Waals surface area contributed by atoms with Crippen LogP contribution in [0.15, 0.2) is 29.2 Å². The molecule has 1 fully saturated rings. The van der Waals surface area contributed by atoms with Gasteiger partial charge in [-0.2, -0.15) is 8.78 Å². The Bertz CT molecular complexity index is 449. The summed E-state index contributed by atoms with van der Waals surface area (Å²) in [6.07, 6.45) is 2.25. The Morgan fingerprint density at radius 1 is 1.35 bits per heavy atom. The van der Waals surface area contributed by atoms with Crippen LogP contribution < -0.4 is 0 Å². The van der Waals surface area contributed by atoms with Crippen molar-refractivity contribution in [3.63, 3.8) is 0 Å². The number of thioether (sulfide) groups is 1. The predicted octanol–water partition coefficient (Wildman–Crippen LogP) is 2.85. The number of aliphatic hydroxyl groups is 1. The fraction of sp³-hybridized carbons (Fsp3) is 0.500. The van der Waals surface area contributed by atoms with E-state index in [1.54, 1.807) is 17.0 Å².